The van der Waals surface area contributed by atoms with Gasteiger partial charge in [-0.15, -0.1) is 0 Å². The minimum absolute atomic E-state index is 0.112. The van der Waals surface area contributed by atoms with Gasteiger partial charge in [-0.2, -0.15) is 5.26 Å². The van der Waals surface area contributed by atoms with E-state index in [9.17, 15) is 15.0 Å². The van der Waals surface area contributed by atoms with Crippen molar-refractivity contribution in [3.05, 3.63) is 58.6 Å². The van der Waals surface area contributed by atoms with Gasteiger partial charge in [0.25, 0.3) is 5.91 Å². The highest BCUT2D eigenvalue weighted by Gasteiger charge is 2.11. The number of nitrogens with zero attached hydrogens (tertiary/aromatic N) is 1. The molecule has 0 saturated carbocycles. The molecule has 110 valence electrons. The van der Waals surface area contributed by atoms with Crippen molar-refractivity contribution < 1.29 is 15.0 Å². The van der Waals surface area contributed by atoms with Crippen LogP contribution in [0.3, 0.4) is 0 Å². The van der Waals surface area contributed by atoms with Gasteiger partial charge >= 0.3 is 0 Å². The Morgan fingerprint density at radius 1 is 1.18 bits per heavy atom. The largest absolute Gasteiger partial charge is 0.508 e. The number of phenols is 2. The van der Waals surface area contributed by atoms with E-state index in [1.807, 2.05) is 0 Å². The van der Waals surface area contributed by atoms with Crippen molar-refractivity contribution in [3.8, 4) is 17.6 Å². The summed E-state index contributed by atoms with van der Waals surface area (Å²) in [7, 11) is 0. The van der Waals surface area contributed by atoms with Gasteiger partial charge in [0.2, 0.25) is 0 Å². The predicted molar refractivity (Wildman–Crippen MR) is 83.4 cm³/mol. The van der Waals surface area contributed by atoms with E-state index in [-0.39, 0.29) is 22.6 Å². The smallest absolute Gasteiger partial charge is 0.266 e. The maximum atomic E-state index is 12.0. The fraction of sp³-hybridized carbons (Fsp3) is 0. The number of aromatic hydroxyl groups is 2. The zero-order valence-corrected chi connectivity index (χ0v) is 12.0. The lowest BCUT2D eigenvalue weighted by Gasteiger charge is -2.05. The third-order valence-corrected chi connectivity index (χ3v) is 3.03. The Balaban J connectivity index is 2.23. The number of carbonyl (C=O) groups is 1. The number of nitrogens with one attached hydrogen (secondary N) is 1. The average Bonchev–Trinajstić information content (AvgIpc) is 2.49. The second-order valence-corrected chi connectivity index (χ2v) is 4.81. The molecule has 0 heterocycles. The Labute approximate surface area is 131 Å². The molecule has 6 heteroatoms. The Kier molecular flexibility index (Phi) is 4.66. The van der Waals surface area contributed by atoms with Crippen molar-refractivity contribution >= 4 is 29.3 Å². The summed E-state index contributed by atoms with van der Waals surface area (Å²) in [5.74, 6) is -0.955. The van der Waals surface area contributed by atoms with Gasteiger partial charge in [-0.1, -0.05) is 11.6 Å². The van der Waals surface area contributed by atoms with Crippen molar-refractivity contribution in [1.82, 2.24) is 0 Å². The highest BCUT2D eigenvalue weighted by molar-refractivity contribution is 6.30. The van der Waals surface area contributed by atoms with Crippen molar-refractivity contribution in [1.29, 1.82) is 5.26 Å². The Bertz CT molecular complexity index is 777. The van der Waals surface area contributed by atoms with Gasteiger partial charge in [-0.05, 0) is 42.5 Å². The molecule has 2 aromatic carbocycles. The number of benzene rings is 2. The van der Waals surface area contributed by atoms with Crippen LogP contribution in [0.4, 0.5) is 5.69 Å². The molecule has 0 aliphatic heterocycles. The standard InChI is InChI=1S/C16H11ClN2O3/c17-12-2-4-13(5-3-12)19-16(22)11(9-18)7-10-1-6-14(20)8-15(10)21/h1-8,20-21H,(H,19,22). The van der Waals surface area contributed by atoms with E-state index in [1.165, 1.54) is 18.2 Å². The van der Waals surface area contributed by atoms with Crippen LogP contribution in [0, 0.1) is 11.3 Å². The van der Waals surface area contributed by atoms with E-state index in [4.69, 9.17) is 16.9 Å². The normalized spacial score (nSPS) is 10.8. The number of amides is 1. The topological polar surface area (TPSA) is 93.3 Å². The summed E-state index contributed by atoms with van der Waals surface area (Å²) in [6.45, 7) is 0. The first-order chi connectivity index (χ1) is 10.5. The van der Waals surface area contributed by atoms with Crippen LogP contribution in [0.15, 0.2) is 48.0 Å². The molecule has 22 heavy (non-hydrogen) atoms. The molecule has 0 saturated heterocycles. The number of halogens is 1. The molecule has 0 fully saturated rings. The van der Waals surface area contributed by atoms with Gasteiger partial charge < -0.3 is 15.5 Å². The summed E-state index contributed by atoms with van der Waals surface area (Å²) in [5, 5.41) is 31.1. The quantitative estimate of drug-likeness (QED) is 0.598. The third kappa shape index (κ3) is 3.78. The van der Waals surface area contributed by atoms with Gasteiger partial charge in [-0.25, -0.2) is 0 Å². The van der Waals surface area contributed by atoms with Crippen LogP contribution in [0.2, 0.25) is 5.02 Å². The minimum Gasteiger partial charge on any atom is -0.508 e. The van der Waals surface area contributed by atoms with E-state index in [0.29, 0.717) is 10.7 Å². The van der Waals surface area contributed by atoms with Crippen LogP contribution in [-0.4, -0.2) is 16.1 Å². The first-order valence-corrected chi connectivity index (χ1v) is 6.58. The molecule has 1 amide bonds. The van der Waals surface area contributed by atoms with Gasteiger partial charge in [0, 0.05) is 22.3 Å². The van der Waals surface area contributed by atoms with Gasteiger partial charge in [0.15, 0.2) is 0 Å². The molecule has 0 radical (unpaired) electrons. The van der Waals surface area contributed by atoms with Crippen LogP contribution in [-0.2, 0) is 4.79 Å². The maximum absolute atomic E-state index is 12.0. The number of carbonyl (C=O) groups excluding carboxylic acids is 1. The molecule has 0 aliphatic rings. The first-order valence-electron chi connectivity index (χ1n) is 6.20. The maximum Gasteiger partial charge on any atom is 0.266 e. The Hall–Kier alpha value is -2.97. The second-order valence-electron chi connectivity index (χ2n) is 4.37. The van der Waals surface area contributed by atoms with Crippen molar-refractivity contribution in [3.63, 3.8) is 0 Å². The molecule has 0 aromatic heterocycles. The van der Waals surface area contributed by atoms with E-state index in [1.54, 1.807) is 30.3 Å². The SMILES string of the molecule is N#CC(=Cc1ccc(O)cc1O)C(=O)Nc1ccc(Cl)cc1. The zero-order chi connectivity index (χ0) is 16.1. The summed E-state index contributed by atoms with van der Waals surface area (Å²) in [6.07, 6.45) is 1.24. The number of rotatable bonds is 3. The van der Waals surface area contributed by atoms with Gasteiger partial charge in [0.1, 0.15) is 23.1 Å². The Morgan fingerprint density at radius 2 is 1.86 bits per heavy atom. The molecule has 0 aliphatic carbocycles. The molecule has 3 N–H and O–H groups in total. The van der Waals surface area contributed by atoms with Crippen molar-refractivity contribution in [2.75, 3.05) is 5.32 Å². The monoisotopic (exact) mass is 314 g/mol. The number of nitriles is 1. The van der Waals surface area contributed by atoms with Crippen LogP contribution in [0.5, 0.6) is 11.5 Å². The highest BCUT2D eigenvalue weighted by atomic mass is 35.5. The summed E-state index contributed by atoms with van der Waals surface area (Å²) < 4.78 is 0. The number of phenolic OH excluding ortho intramolecular Hbond substituents is 2. The molecule has 0 atom stereocenters. The lowest BCUT2D eigenvalue weighted by molar-refractivity contribution is -0.112. The lowest BCUT2D eigenvalue weighted by atomic mass is 10.1. The molecule has 0 unspecified atom stereocenters. The summed E-state index contributed by atoms with van der Waals surface area (Å²) >= 11 is 5.75. The van der Waals surface area contributed by atoms with Crippen LogP contribution in [0.1, 0.15) is 5.56 Å². The van der Waals surface area contributed by atoms with E-state index in [0.717, 1.165) is 6.07 Å². The molecular weight excluding hydrogens is 304 g/mol. The molecule has 0 spiro atoms. The summed E-state index contributed by atoms with van der Waals surface area (Å²) in [5.41, 5.74) is 0.557. The third-order valence-electron chi connectivity index (χ3n) is 2.78. The fourth-order valence-electron chi connectivity index (χ4n) is 1.69. The number of hydrogen-bond donors (Lipinski definition) is 3. The zero-order valence-electron chi connectivity index (χ0n) is 11.2. The van der Waals surface area contributed by atoms with Crippen LogP contribution < -0.4 is 5.32 Å². The number of hydrogen-bond acceptors (Lipinski definition) is 4. The number of anilines is 1. The molecule has 5 nitrogen and oxygen atoms in total. The fourth-order valence-corrected chi connectivity index (χ4v) is 1.82. The van der Waals surface area contributed by atoms with Gasteiger partial charge in [-0.3, -0.25) is 4.79 Å². The molecular formula is C16H11ClN2O3. The summed E-state index contributed by atoms with van der Waals surface area (Å²) in [4.78, 5) is 12.0. The molecule has 2 aromatic rings. The van der Waals surface area contributed by atoms with E-state index < -0.39 is 5.91 Å². The predicted octanol–water partition coefficient (Wildman–Crippen LogP) is 3.30. The van der Waals surface area contributed by atoms with Crippen LogP contribution >= 0.6 is 11.6 Å². The Morgan fingerprint density at radius 3 is 2.45 bits per heavy atom. The first kappa shape index (κ1) is 15.4. The van der Waals surface area contributed by atoms with Gasteiger partial charge in [0.05, 0.1) is 0 Å². The second kappa shape index (κ2) is 6.66. The molecule has 2 rings (SSSR count). The van der Waals surface area contributed by atoms with E-state index >= 15 is 0 Å². The van der Waals surface area contributed by atoms with Crippen molar-refractivity contribution in [2.45, 2.75) is 0 Å². The highest BCUT2D eigenvalue weighted by Crippen LogP contribution is 2.25. The average molecular weight is 315 g/mol. The van der Waals surface area contributed by atoms with E-state index in [2.05, 4.69) is 5.32 Å². The lowest BCUT2D eigenvalue weighted by Crippen LogP contribution is -2.13. The summed E-state index contributed by atoms with van der Waals surface area (Å²) in [6, 6.07) is 12.1. The minimum atomic E-state index is -0.614. The molecule has 0 bridgehead atoms. The van der Waals surface area contributed by atoms with Crippen molar-refractivity contribution in [2.24, 2.45) is 0 Å². The van der Waals surface area contributed by atoms with Crippen LogP contribution in [0.25, 0.3) is 6.08 Å².